The van der Waals surface area contributed by atoms with E-state index in [-0.39, 0.29) is 5.92 Å². The van der Waals surface area contributed by atoms with Crippen molar-refractivity contribution in [2.24, 2.45) is 11.8 Å². The van der Waals surface area contributed by atoms with E-state index in [1.54, 1.807) is 0 Å². The molecule has 0 fully saturated rings. The molecule has 2 atom stereocenters. The maximum Gasteiger partial charge on any atom is 0.129 e. The molecule has 0 amide bonds. The highest BCUT2D eigenvalue weighted by Gasteiger charge is 2.10. The molecule has 0 aromatic rings. The maximum atomic E-state index is 13.4. The van der Waals surface area contributed by atoms with Crippen LogP contribution in [0.15, 0.2) is 24.1 Å². The molecule has 0 heterocycles. The van der Waals surface area contributed by atoms with Crippen LogP contribution in [0.2, 0.25) is 0 Å². The molecule has 0 rings (SSSR count). The molecule has 15 heavy (non-hydrogen) atoms. The molecular weight excluding hydrogens is 191 g/mol. The van der Waals surface area contributed by atoms with Crippen molar-refractivity contribution in [3.8, 4) is 0 Å². The van der Waals surface area contributed by atoms with Crippen molar-refractivity contribution >= 4 is 0 Å². The molecule has 2 heteroatoms. The van der Waals surface area contributed by atoms with Crippen LogP contribution in [-0.4, -0.2) is 11.2 Å². The Bertz CT molecular complexity index is 219. The normalized spacial score (nSPS) is 17.4. The molecule has 0 aliphatic carbocycles. The second kappa shape index (κ2) is 7.63. The van der Waals surface area contributed by atoms with E-state index < -0.39 is 11.9 Å². The lowest BCUT2D eigenvalue weighted by Gasteiger charge is -2.11. The highest BCUT2D eigenvalue weighted by atomic mass is 19.1. The van der Waals surface area contributed by atoms with Gasteiger partial charge in [0.1, 0.15) is 11.9 Å². The number of hydrogen-bond donors (Lipinski definition) is 1. The number of allylic oxidation sites excluding steroid dienone is 2. The summed E-state index contributed by atoms with van der Waals surface area (Å²) in [6.45, 7) is 8.07. The summed E-state index contributed by atoms with van der Waals surface area (Å²) >= 11 is 0. The Labute approximate surface area is 92.7 Å². The van der Waals surface area contributed by atoms with Crippen molar-refractivity contribution in [1.29, 1.82) is 0 Å². The van der Waals surface area contributed by atoms with E-state index in [2.05, 4.69) is 0 Å². The van der Waals surface area contributed by atoms with Crippen molar-refractivity contribution in [2.45, 2.75) is 46.6 Å². The van der Waals surface area contributed by atoms with E-state index in [1.165, 1.54) is 12.2 Å². The van der Waals surface area contributed by atoms with Gasteiger partial charge in [0.25, 0.3) is 0 Å². The summed E-state index contributed by atoms with van der Waals surface area (Å²) in [5, 5.41) is 9.44. The lowest BCUT2D eigenvalue weighted by atomic mass is 9.97. The minimum Gasteiger partial charge on any atom is -0.382 e. The van der Waals surface area contributed by atoms with Crippen LogP contribution in [0.25, 0.3) is 0 Å². The van der Waals surface area contributed by atoms with Gasteiger partial charge >= 0.3 is 0 Å². The summed E-state index contributed by atoms with van der Waals surface area (Å²) in [7, 11) is 0. The van der Waals surface area contributed by atoms with Crippen LogP contribution in [0, 0.1) is 11.8 Å². The Kier molecular flexibility index (Phi) is 7.31. The first-order valence-corrected chi connectivity index (χ1v) is 5.71. The molecule has 0 radical (unpaired) electrons. The highest BCUT2D eigenvalue weighted by Crippen LogP contribution is 2.16. The van der Waals surface area contributed by atoms with Crippen molar-refractivity contribution in [1.82, 2.24) is 0 Å². The summed E-state index contributed by atoms with van der Waals surface area (Å²) in [4.78, 5) is 0. The van der Waals surface area contributed by atoms with Crippen molar-refractivity contribution < 1.29 is 9.50 Å². The summed E-state index contributed by atoms with van der Waals surface area (Å²) in [5.41, 5.74) is 0. The Balaban J connectivity index is 4.23. The average Bonchev–Trinajstić information content (AvgIpc) is 2.17. The van der Waals surface area contributed by atoms with E-state index in [0.717, 1.165) is 12.8 Å². The zero-order chi connectivity index (χ0) is 11.8. The van der Waals surface area contributed by atoms with Crippen LogP contribution in [0.1, 0.15) is 40.5 Å². The smallest absolute Gasteiger partial charge is 0.129 e. The van der Waals surface area contributed by atoms with E-state index in [0.29, 0.717) is 5.92 Å². The predicted molar refractivity (Wildman–Crippen MR) is 63.2 cm³/mol. The molecule has 0 aliphatic heterocycles. The van der Waals surface area contributed by atoms with Crippen molar-refractivity contribution in [3.05, 3.63) is 24.1 Å². The molecule has 0 spiro atoms. The third-order valence-electron chi connectivity index (χ3n) is 2.53. The molecule has 0 saturated heterocycles. The molecule has 1 unspecified atom stereocenters. The van der Waals surface area contributed by atoms with Crippen molar-refractivity contribution in [3.63, 3.8) is 0 Å². The fraction of sp³-hybridized carbons (Fsp3) is 0.692. The molecule has 0 bridgehead atoms. The van der Waals surface area contributed by atoms with E-state index in [9.17, 15) is 9.50 Å². The quantitative estimate of drug-likeness (QED) is 0.666. The first-order valence-electron chi connectivity index (χ1n) is 5.71. The van der Waals surface area contributed by atoms with Crippen LogP contribution in [0.4, 0.5) is 4.39 Å². The first kappa shape index (κ1) is 14.4. The minimum absolute atomic E-state index is 0.152. The summed E-state index contributed by atoms with van der Waals surface area (Å²) in [6.07, 6.45) is 5.66. The SMILES string of the molecule is CCC/C=C\C(O)/C(F)=C\[C@@H](C)C(C)C. The average molecular weight is 214 g/mol. The van der Waals surface area contributed by atoms with Gasteiger partial charge in [-0.15, -0.1) is 0 Å². The molecule has 0 aromatic heterocycles. The first-order chi connectivity index (χ1) is 6.99. The predicted octanol–water partition coefficient (Wildman–Crippen LogP) is 3.85. The topological polar surface area (TPSA) is 20.2 Å². The second-order valence-corrected chi connectivity index (χ2v) is 4.32. The van der Waals surface area contributed by atoms with Gasteiger partial charge < -0.3 is 5.11 Å². The lowest BCUT2D eigenvalue weighted by Crippen LogP contribution is -2.07. The zero-order valence-electron chi connectivity index (χ0n) is 10.2. The standard InChI is InChI=1S/C13H23FO/c1-5-6-7-8-13(15)12(14)9-11(4)10(2)3/h7-11,13,15H,5-6H2,1-4H3/b8-7-,12-9+/t11-,13?/m1/s1. The van der Waals surface area contributed by atoms with Crippen LogP contribution in [0.5, 0.6) is 0 Å². The van der Waals surface area contributed by atoms with Gasteiger partial charge in [0.05, 0.1) is 0 Å². The van der Waals surface area contributed by atoms with Gasteiger partial charge in [0, 0.05) is 0 Å². The van der Waals surface area contributed by atoms with E-state index >= 15 is 0 Å². The Hall–Kier alpha value is -0.630. The third-order valence-corrected chi connectivity index (χ3v) is 2.53. The highest BCUT2D eigenvalue weighted by molar-refractivity contribution is 5.09. The van der Waals surface area contributed by atoms with Gasteiger partial charge in [-0.05, 0) is 24.3 Å². The maximum absolute atomic E-state index is 13.4. The lowest BCUT2D eigenvalue weighted by molar-refractivity contribution is 0.225. The molecule has 0 aromatic carbocycles. The van der Waals surface area contributed by atoms with E-state index in [1.807, 2.05) is 33.8 Å². The number of aliphatic hydroxyl groups is 1. The van der Waals surface area contributed by atoms with E-state index in [4.69, 9.17) is 0 Å². The summed E-state index contributed by atoms with van der Waals surface area (Å²) < 4.78 is 13.4. The number of aliphatic hydroxyl groups excluding tert-OH is 1. The molecule has 1 N–H and O–H groups in total. The van der Waals surface area contributed by atoms with Gasteiger partial charge in [-0.25, -0.2) is 4.39 Å². The fourth-order valence-corrected chi connectivity index (χ4v) is 1.03. The van der Waals surface area contributed by atoms with Gasteiger partial charge in [-0.3, -0.25) is 0 Å². The molecule has 1 nitrogen and oxygen atoms in total. The number of rotatable bonds is 6. The summed E-state index contributed by atoms with van der Waals surface area (Å²) in [6, 6.07) is 0. The van der Waals surface area contributed by atoms with Gasteiger partial charge in [0.15, 0.2) is 0 Å². The Morgan fingerprint density at radius 3 is 2.40 bits per heavy atom. The Morgan fingerprint density at radius 2 is 1.93 bits per heavy atom. The Morgan fingerprint density at radius 1 is 1.33 bits per heavy atom. The molecule has 0 saturated carbocycles. The van der Waals surface area contributed by atoms with Crippen LogP contribution < -0.4 is 0 Å². The second-order valence-electron chi connectivity index (χ2n) is 4.32. The summed E-state index contributed by atoms with van der Waals surface area (Å²) in [5.74, 6) is 0.102. The molecule has 0 aliphatic rings. The van der Waals surface area contributed by atoms with Gasteiger partial charge in [-0.1, -0.05) is 46.3 Å². The number of halogens is 1. The van der Waals surface area contributed by atoms with Gasteiger partial charge in [0.2, 0.25) is 0 Å². The molecule has 88 valence electrons. The monoisotopic (exact) mass is 214 g/mol. The number of unbranched alkanes of at least 4 members (excludes halogenated alkanes) is 1. The third kappa shape index (κ3) is 6.45. The van der Waals surface area contributed by atoms with Gasteiger partial charge in [-0.2, -0.15) is 0 Å². The fourth-order valence-electron chi connectivity index (χ4n) is 1.03. The van der Waals surface area contributed by atoms with Crippen molar-refractivity contribution in [2.75, 3.05) is 0 Å². The van der Waals surface area contributed by atoms with Crippen LogP contribution in [0.3, 0.4) is 0 Å². The van der Waals surface area contributed by atoms with Crippen LogP contribution in [-0.2, 0) is 0 Å². The molecular formula is C13H23FO. The zero-order valence-corrected chi connectivity index (χ0v) is 10.2. The largest absolute Gasteiger partial charge is 0.382 e. The number of hydrogen-bond acceptors (Lipinski definition) is 1. The van der Waals surface area contributed by atoms with Crippen LogP contribution >= 0.6 is 0 Å². The minimum atomic E-state index is -1.07.